The van der Waals surface area contributed by atoms with Crippen LogP contribution in [0.4, 0.5) is 23.1 Å². The van der Waals surface area contributed by atoms with E-state index in [9.17, 15) is 4.79 Å². The molecular weight excluding hydrogens is 360 g/mol. The van der Waals surface area contributed by atoms with Gasteiger partial charge in [-0.2, -0.15) is 4.98 Å². The molecule has 0 atom stereocenters. The first-order valence-corrected chi connectivity index (χ1v) is 8.49. The Morgan fingerprint density at radius 3 is 2.79 bits per heavy atom. The van der Waals surface area contributed by atoms with Crippen LogP contribution in [0.2, 0.25) is 0 Å². The van der Waals surface area contributed by atoms with Crippen molar-refractivity contribution in [3.8, 4) is 0 Å². The Labute approximate surface area is 157 Å². The maximum Gasteiger partial charge on any atom is 0.417 e. The van der Waals surface area contributed by atoms with Crippen LogP contribution in [-0.4, -0.2) is 20.1 Å². The lowest BCUT2D eigenvalue weighted by atomic mass is 10.2. The van der Waals surface area contributed by atoms with Gasteiger partial charge >= 0.3 is 5.76 Å². The van der Waals surface area contributed by atoms with E-state index in [1.165, 1.54) is 0 Å². The number of hydrogen-bond donors (Lipinski definition) is 3. The standard InChI is InChI=1S/C19H14N6O3/c1-10-8-20-18(23-13-3-2-11-9-21-28-16(11)7-13)25-17(10)22-12-4-5-15-14(6-12)24-19(26)27-15/h2-9H,1H3,(H,24,26)(H2,20,22,23,25). The molecule has 9 nitrogen and oxygen atoms in total. The first-order valence-electron chi connectivity index (χ1n) is 8.49. The van der Waals surface area contributed by atoms with Crippen molar-refractivity contribution in [2.75, 3.05) is 10.6 Å². The number of benzene rings is 2. The molecule has 5 aromatic rings. The summed E-state index contributed by atoms with van der Waals surface area (Å²) in [5, 5.41) is 11.1. The van der Waals surface area contributed by atoms with Gasteiger partial charge in [0.15, 0.2) is 11.2 Å². The molecule has 0 unspecified atom stereocenters. The predicted octanol–water partition coefficient (Wildman–Crippen LogP) is 3.85. The quantitative estimate of drug-likeness (QED) is 0.434. The lowest BCUT2D eigenvalue weighted by molar-refractivity contribution is 0.456. The molecule has 0 amide bonds. The Morgan fingerprint density at radius 1 is 1.00 bits per heavy atom. The molecule has 0 bridgehead atoms. The minimum atomic E-state index is -0.486. The number of aryl methyl sites for hydroxylation is 1. The number of nitrogens with zero attached hydrogens (tertiary/aromatic N) is 3. The number of anilines is 4. The summed E-state index contributed by atoms with van der Waals surface area (Å²) in [5.74, 6) is 0.591. The maximum absolute atomic E-state index is 11.3. The topological polar surface area (TPSA) is 122 Å². The van der Waals surface area contributed by atoms with Crippen LogP contribution in [0.3, 0.4) is 0 Å². The molecule has 5 rings (SSSR count). The largest absolute Gasteiger partial charge is 0.417 e. The van der Waals surface area contributed by atoms with Gasteiger partial charge in [0.2, 0.25) is 5.95 Å². The van der Waals surface area contributed by atoms with Crippen LogP contribution in [0.1, 0.15) is 5.56 Å². The second-order valence-corrected chi connectivity index (χ2v) is 6.28. The van der Waals surface area contributed by atoms with Gasteiger partial charge in [0, 0.05) is 34.6 Å². The van der Waals surface area contributed by atoms with Gasteiger partial charge in [0.1, 0.15) is 5.82 Å². The summed E-state index contributed by atoms with van der Waals surface area (Å²) in [4.78, 5) is 22.8. The van der Waals surface area contributed by atoms with Crippen LogP contribution >= 0.6 is 0 Å². The van der Waals surface area contributed by atoms with Crippen molar-refractivity contribution in [1.82, 2.24) is 20.1 Å². The average Bonchev–Trinajstić information content (AvgIpc) is 3.29. The van der Waals surface area contributed by atoms with Crippen LogP contribution in [0.15, 0.2) is 62.5 Å². The minimum Gasteiger partial charge on any atom is -0.408 e. The zero-order valence-electron chi connectivity index (χ0n) is 14.7. The molecule has 0 radical (unpaired) electrons. The highest BCUT2D eigenvalue weighted by Gasteiger charge is 2.08. The van der Waals surface area contributed by atoms with Crippen molar-refractivity contribution in [2.24, 2.45) is 0 Å². The number of aromatic nitrogens is 4. The highest BCUT2D eigenvalue weighted by molar-refractivity contribution is 5.81. The summed E-state index contributed by atoms with van der Waals surface area (Å²) in [6.07, 6.45) is 3.39. The monoisotopic (exact) mass is 374 g/mol. The zero-order chi connectivity index (χ0) is 19.1. The molecule has 0 spiro atoms. The number of hydrogen-bond acceptors (Lipinski definition) is 8. The van der Waals surface area contributed by atoms with E-state index in [2.05, 4.69) is 30.7 Å². The Hall–Kier alpha value is -4.14. The molecule has 3 aromatic heterocycles. The van der Waals surface area contributed by atoms with Crippen molar-refractivity contribution < 1.29 is 8.94 Å². The van der Waals surface area contributed by atoms with E-state index in [4.69, 9.17) is 8.94 Å². The van der Waals surface area contributed by atoms with Crippen LogP contribution in [0.5, 0.6) is 0 Å². The van der Waals surface area contributed by atoms with E-state index in [1.807, 2.05) is 31.2 Å². The normalized spacial score (nSPS) is 11.2. The fraction of sp³-hybridized carbons (Fsp3) is 0.0526. The summed E-state index contributed by atoms with van der Waals surface area (Å²) in [6.45, 7) is 1.91. The Balaban J connectivity index is 1.43. The molecule has 0 saturated carbocycles. The maximum atomic E-state index is 11.3. The van der Waals surface area contributed by atoms with E-state index >= 15 is 0 Å². The summed E-state index contributed by atoms with van der Waals surface area (Å²) in [6, 6.07) is 11.0. The summed E-state index contributed by atoms with van der Waals surface area (Å²) >= 11 is 0. The van der Waals surface area contributed by atoms with E-state index in [0.717, 1.165) is 22.3 Å². The molecule has 138 valence electrons. The van der Waals surface area contributed by atoms with Crippen molar-refractivity contribution in [3.05, 3.63) is 64.9 Å². The van der Waals surface area contributed by atoms with Gasteiger partial charge in [0.25, 0.3) is 0 Å². The van der Waals surface area contributed by atoms with Crippen LogP contribution in [0.25, 0.3) is 22.1 Å². The van der Waals surface area contributed by atoms with Gasteiger partial charge < -0.3 is 19.6 Å². The molecule has 0 saturated heterocycles. The third-order valence-corrected chi connectivity index (χ3v) is 4.27. The van der Waals surface area contributed by atoms with Crippen molar-refractivity contribution >= 4 is 45.2 Å². The third-order valence-electron chi connectivity index (χ3n) is 4.27. The molecular formula is C19H14N6O3. The predicted molar refractivity (Wildman–Crippen MR) is 104 cm³/mol. The summed E-state index contributed by atoms with van der Waals surface area (Å²) < 4.78 is 10.2. The molecule has 28 heavy (non-hydrogen) atoms. The lowest BCUT2D eigenvalue weighted by Gasteiger charge is -2.11. The second-order valence-electron chi connectivity index (χ2n) is 6.28. The van der Waals surface area contributed by atoms with Gasteiger partial charge in [-0.1, -0.05) is 5.16 Å². The van der Waals surface area contributed by atoms with Crippen LogP contribution in [0, 0.1) is 6.92 Å². The number of rotatable bonds is 4. The molecule has 0 aliphatic rings. The average molecular weight is 374 g/mol. The van der Waals surface area contributed by atoms with E-state index < -0.39 is 5.76 Å². The van der Waals surface area contributed by atoms with Crippen molar-refractivity contribution in [3.63, 3.8) is 0 Å². The van der Waals surface area contributed by atoms with Crippen molar-refractivity contribution in [2.45, 2.75) is 6.92 Å². The van der Waals surface area contributed by atoms with Gasteiger partial charge in [0.05, 0.1) is 11.7 Å². The first-order chi connectivity index (χ1) is 13.6. The smallest absolute Gasteiger partial charge is 0.408 e. The minimum absolute atomic E-state index is 0.435. The molecule has 0 fully saturated rings. The van der Waals surface area contributed by atoms with Crippen molar-refractivity contribution in [1.29, 1.82) is 0 Å². The summed E-state index contributed by atoms with van der Waals surface area (Å²) in [5.41, 5.74) is 4.22. The second kappa shape index (κ2) is 6.23. The fourth-order valence-corrected chi connectivity index (χ4v) is 2.86. The molecule has 0 aliphatic heterocycles. The number of nitrogens with one attached hydrogen (secondary N) is 3. The summed E-state index contributed by atoms with van der Waals surface area (Å²) in [7, 11) is 0. The highest BCUT2D eigenvalue weighted by Crippen LogP contribution is 2.24. The number of aromatic amines is 1. The van der Waals surface area contributed by atoms with Gasteiger partial charge in [-0.05, 0) is 37.3 Å². The number of oxazole rings is 1. The van der Waals surface area contributed by atoms with Gasteiger partial charge in [-0.3, -0.25) is 4.98 Å². The molecule has 9 heteroatoms. The molecule has 2 aromatic carbocycles. The zero-order valence-corrected chi connectivity index (χ0v) is 14.7. The van der Waals surface area contributed by atoms with Crippen LogP contribution in [-0.2, 0) is 0 Å². The van der Waals surface area contributed by atoms with E-state index in [0.29, 0.717) is 28.4 Å². The van der Waals surface area contributed by atoms with E-state index in [-0.39, 0.29) is 0 Å². The highest BCUT2D eigenvalue weighted by atomic mass is 16.5. The Morgan fingerprint density at radius 2 is 1.86 bits per heavy atom. The first kappa shape index (κ1) is 16.1. The molecule has 0 aliphatic carbocycles. The molecule has 3 heterocycles. The van der Waals surface area contributed by atoms with Gasteiger partial charge in [-0.15, -0.1) is 0 Å². The van der Waals surface area contributed by atoms with Crippen LogP contribution < -0.4 is 16.4 Å². The van der Waals surface area contributed by atoms with E-state index in [1.54, 1.807) is 24.5 Å². The van der Waals surface area contributed by atoms with Gasteiger partial charge in [-0.25, -0.2) is 9.78 Å². The molecule has 3 N–H and O–H groups in total. The lowest BCUT2D eigenvalue weighted by Crippen LogP contribution is -2.02. The Kier molecular flexibility index (Phi) is 3.58. The third kappa shape index (κ3) is 2.94. The number of fused-ring (bicyclic) bond motifs is 2. The number of H-pyrrole nitrogens is 1. The fourth-order valence-electron chi connectivity index (χ4n) is 2.86. The Bertz CT molecular complexity index is 1370. The SMILES string of the molecule is Cc1cnc(Nc2ccc3cnoc3c2)nc1Nc1ccc2oc(=O)[nH]c2c1.